The number of methoxy groups -OCH3 is 1. The number of hydrogen-bond acceptors (Lipinski definition) is 10. The second-order valence-corrected chi connectivity index (χ2v) is 11.8. The smallest absolute Gasteiger partial charge is 0.278 e. The molecule has 0 spiro atoms. The number of benzene rings is 1. The SMILES string of the molecule is C=CCn1c(=O)c2cnc(Nc3ccc(N4CCN(C(=O)CCOCCNC5CCCC5)CC4)cc3)nc2n1-c1cccc(OC)n1. The molecule has 4 aromatic rings. The number of fused-ring (bicyclic) bond motifs is 1. The Balaban J connectivity index is 1.03. The zero-order chi connectivity index (χ0) is 32.6. The predicted molar refractivity (Wildman–Crippen MR) is 182 cm³/mol. The number of amides is 1. The van der Waals surface area contributed by atoms with E-state index in [0.717, 1.165) is 31.0 Å². The topological polar surface area (TPSA) is 132 Å². The van der Waals surface area contributed by atoms with Crippen LogP contribution in [0.3, 0.4) is 0 Å². The number of ether oxygens (including phenoxy) is 2. The lowest BCUT2D eigenvalue weighted by atomic mass is 10.2. The molecule has 0 radical (unpaired) electrons. The molecule has 0 atom stereocenters. The third-order valence-electron chi connectivity index (χ3n) is 8.73. The Morgan fingerprint density at radius 2 is 1.83 bits per heavy atom. The predicted octanol–water partition coefficient (Wildman–Crippen LogP) is 3.50. The zero-order valence-corrected chi connectivity index (χ0v) is 26.9. The van der Waals surface area contributed by atoms with Crippen molar-refractivity contribution in [2.75, 3.05) is 63.3 Å². The van der Waals surface area contributed by atoms with Crippen LogP contribution in [0.15, 0.2) is 66.1 Å². The number of nitrogens with one attached hydrogen (secondary N) is 2. The lowest BCUT2D eigenvalue weighted by Crippen LogP contribution is -2.49. The molecule has 1 amide bonds. The van der Waals surface area contributed by atoms with Crippen LogP contribution < -0.4 is 25.8 Å². The van der Waals surface area contributed by atoms with Crippen molar-refractivity contribution in [2.45, 2.75) is 44.7 Å². The highest BCUT2D eigenvalue weighted by atomic mass is 16.5. The van der Waals surface area contributed by atoms with Crippen LogP contribution in [0.25, 0.3) is 16.9 Å². The summed E-state index contributed by atoms with van der Waals surface area (Å²) in [7, 11) is 1.54. The van der Waals surface area contributed by atoms with Crippen molar-refractivity contribution in [3.8, 4) is 11.7 Å². The van der Waals surface area contributed by atoms with E-state index in [4.69, 9.17) is 14.5 Å². The number of pyridine rings is 1. The van der Waals surface area contributed by atoms with Crippen molar-refractivity contribution < 1.29 is 14.3 Å². The highest BCUT2D eigenvalue weighted by molar-refractivity contribution is 5.77. The minimum Gasteiger partial charge on any atom is -0.481 e. The molecule has 13 nitrogen and oxygen atoms in total. The number of nitrogens with zero attached hydrogens (tertiary/aromatic N) is 7. The largest absolute Gasteiger partial charge is 0.481 e. The molecule has 2 N–H and O–H groups in total. The van der Waals surface area contributed by atoms with E-state index in [1.165, 1.54) is 36.6 Å². The quantitative estimate of drug-likeness (QED) is 0.156. The molecule has 1 saturated carbocycles. The molecule has 1 saturated heterocycles. The summed E-state index contributed by atoms with van der Waals surface area (Å²) in [5.41, 5.74) is 2.07. The first kappa shape index (κ1) is 32.2. The van der Waals surface area contributed by atoms with Crippen molar-refractivity contribution in [1.29, 1.82) is 0 Å². The molecule has 13 heteroatoms. The summed E-state index contributed by atoms with van der Waals surface area (Å²) in [6, 6.07) is 14.0. The molecule has 2 aliphatic rings. The van der Waals surface area contributed by atoms with Crippen molar-refractivity contribution in [2.24, 2.45) is 0 Å². The lowest BCUT2D eigenvalue weighted by Gasteiger charge is -2.36. The van der Waals surface area contributed by atoms with Crippen LogP contribution in [0, 0.1) is 0 Å². The van der Waals surface area contributed by atoms with Crippen molar-refractivity contribution in [3.63, 3.8) is 0 Å². The summed E-state index contributed by atoms with van der Waals surface area (Å²) in [6.45, 7) is 8.93. The fourth-order valence-electron chi connectivity index (χ4n) is 6.23. The number of rotatable bonds is 14. The number of allylic oxidation sites excluding steroid dienone is 1. The van der Waals surface area contributed by atoms with Gasteiger partial charge < -0.3 is 29.9 Å². The van der Waals surface area contributed by atoms with Gasteiger partial charge in [-0.2, -0.15) is 9.97 Å². The molecule has 1 aliphatic carbocycles. The maximum Gasteiger partial charge on any atom is 0.278 e. The minimum atomic E-state index is -0.238. The van der Waals surface area contributed by atoms with Gasteiger partial charge in [0, 0.05) is 62.4 Å². The first-order valence-corrected chi connectivity index (χ1v) is 16.4. The van der Waals surface area contributed by atoms with E-state index in [-0.39, 0.29) is 18.0 Å². The highest BCUT2D eigenvalue weighted by Crippen LogP contribution is 2.23. The maximum absolute atomic E-state index is 13.2. The fourth-order valence-corrected chi connectivity index (χ4v) is 6.23. The van der Waals surface area contributed by atoms with Gasteiger partial charge in [0.2, 0.25) is 17.7 Å². The summed E-state index contributed by atoms with van der Waals surface area (Å²) < 4.78 is 14.2. The Morgan fingerprint density at radius 3 is 2.57 bits per heavy atom. The van der Waals surface area contributed by atoms with Gasteiger partial charge in [-0.1, -0.05) is 25.0 Å². The Hall–Kier alpha value is -4.75. The van der Waals surface area contributed by atoms with Gasteiger partial charge in [0.1, 0.15) is 5.39 Å². The molecule has 6 rings (SSSR count). The molecule has 47 heavy (non-hydrogen) atoms. The van der Waals surface area contributed by atoms with Crippen LogP contribution >= 0.6 is 0 Å². The minimum absolute atomic E-state index is 0.150. The van der Waals surface area contributed by atoms with Gasteiger partial charge in [-0.05, 0) is 43.2 Å². The number of carbonyl (C=O) groups excluding carboxylic acids is 1. The van der Waals surface area contributed by atoms with Crippen LogP contribution in [-0.2, 0) is 16.1 Å². The molecule has 1 aliphatic heterocycles. The van der Waals surface area contributed by atoms with Gasteiger partial charge in [-0.25, -0.2) is 14.3 Å². The van der Waals surface area contributed by atoms with Crippen LogP contribution in [0.4, 0.5) is 17.3 Å². The van der Waals surface area contributed by atoms with E-state index < -0.39 is 0 Å². The van der Waals surface area contributed by atoms with Gasteiger partial charge >= 0.3 is 0 Å². The Labute approximate surface area is 274 Å². The Morgan fingerprint density at radius 1 is 1.04 bits per heavy atom. The molecular weight excluding hydrogens is 598 g/mol. The van der Waals surface area contributed by atoms with E-state index in [0.29, 0.717) is 67.4 Å². The van der Waals surface area contributed by atoms with Crippen LogP contribution in [0.1, 0.15) is 32.1 Å². The van der Waals surface area contributed by atoms with Crippen LogP contribution in [0.2, 0.25) is 0 Å². The number of aromatic nitrogens is 5. The standard InChI is InChI=1S/C34H43N9O4/c1-3-17-42-33(45)28-24-36-34(39-32(28)43(42)29-9-6-10-30(38-29)46-2)37-26-11-13-27(14-12-26)40-18-20-41(21-19-40)31(44)15-22-47-23-16-35-25-7-4-5-8-25/h3,6,9-14,24-25,35H,1,4-5,7-8,15-23H2,2H3,(H,36,37,39). The fraction of sp³-hybridized carbons (Fsp3) is 0.441. The van der Waals surface area contributed by atoms with E-state index in [2.05, 4.69) is 32.1 Å². The average molecular weight is 642 g/mol. The van der Waals surface area contributed by atoms with E-state index >= 15 is 0 Å². The first-order valence-electron chi connectivity index (χ1n) is 16.4. The summed E-state index contributed by atoms with van der Waals surface area (Å²) in [5, 5.41) is 7.16. The van der Waals surface area contributed by atoms with E-state index in [1.807, 2.05) is 35.2 Å². The van der Waals surface area contributed by atoms with E-state index in [9.17, 15) is 9.59 Å². The lowest BCUT2D eigenvalue weighted by molar-refractivity contribution is -0.132. The Bertz CT molecular complexity index is 1720. The molecular formula is C34H43N9O4. The highest BCUT2D eigenvalue weighted by Gasteiger charge is 2.22. The van der Waals surface area contributed by atoms with Crippen LogP contribution in [-0.4, -0.2) is 94.2 Å². The monoisotopic (exact) mass is 641 g/mol. The van der Waals surface area contributed by atoms with Crippen molar-refractivity contribution in [1.82, 2.24) is 34.5 Å². The average Bonchev–Trinajstić information content (AvgIpc) is 3.72. The Kier molecular flexibility index (Phi) is 10.4. The molecule has 2 fully saturated rings. The van der Waals surface area contributed by atoms with E-state index in [1.54, 1.807) is 30.0 Å². The molecule has 3 aromatic heterocycles. The third kappa shape index (κ3) is 7.63. The molecule has 0 bridgehead atoms. The number of carbonyl (C=O) groups is 1. The summed E-state index contributed by atoms with van der Waals surface area (Å²) >= 11 is 0. The summed E-state index contributed by atoms with van der Waals surface area (Å²) in [6.07, 6.45) is 8.76. The van der Waals surface area contributed by atoms with Gasteiger partial charge in [-0.3, -0.25) is 9.59 Å². The second kappa shape index (κ2) is 15.2. The number of anilines is 3. The normalized spacial score (nSPS) is 15.3. The maximum atomic E-state index is 13.2. The van der Waals surface area contributed by atoms with Crippen molar-refractivity contribution in [3.05, 3.63) is 71.7 Å². The van der Waals surface area contributed by atoms with Gasteiger partial charge in [0.25, 0.3) is 5.56 Å². The summed E-state index contributed by atoms with van der Waals surface area (Å²) in [5.74, 6) is 1.41. The second-order valence-electron chi connectivity index (χ2n) is 11.8. The first-order chi connectivity index (χ1) is 23.0. The molecule has 4 heterocycles. The van der Waals surface area contributed by atoms with Gasteiger partial charge in [-0.15, -0.1) is 6.58 Å². The summed E-state index contributed by atoms with van der Waals surface area (Å²) in [4.78, 5) is 43.8. The number of hydrogen-bond donors (Lipinski definition) is 2. The molecule has 248 valence electrons. The van der Waals surface area contributed by atoms with Gasteiger partial charge in [0.05, 0.1) is 33.3 Å². The van der Waals surface area contributed by atoms with Crippen LogP contribution in [0.5, 0.6) is 5.88 Å². The van der Waals surface area contributed by atoms with Gasteiger partial charge in [0.15, 0.2) is 11.5 Å². The van der Waals surface area contributed by atoms with Crippen molar-refractivity contribution >= 4 is 34.3 Å². The third-order valence-corrected chi connectivity index (χ3v) is 8.73. The zero-order valence-electron chi connectivity index (χ0n) is 26.9. The number of piperazine rings is 1. The molecule has 1 aromatic carbocycles. The molecule has 0 unspecified atom stereocenters.